The van der Waals surface area contributed by atoms with Crippen LogP contribution in [0.5, 0.6) is 0 Å². The average molecular weight is 166 g/mol. The van der Waals surface area contributed by atoms with E-state index in [0.717, 1.165) is 12.2 Å². The van der Waals surface area contributed by atoms with Gasteiger partial charge >= 0.3 is 0 Å². The quantitative estimate of drug-likeness (QED) is 0.634. The van der Waals surface area contributed by atoms with Crippen LogP contribution < -0.4 is 0 Å². The molecular weight excluding hydrogens is 152 g/mol. The monoisotopic (exact) mass is 166 g/mol. The van der Waals surface area contributed by atoms with Crippen molar-refractivity contribution in [1.29, 1.82) is 0 Å². The molecule has 0 N–H and O–H groups in total. The van der Waals surface area contributed by atoms with E-state index in [1.54, 1.807) is 18.4 Å². The van der Waals surface area contributed by atoms with Crippen molar-refractivity contribution in [3.05, 3.63) is 29.6 Å². The first-order valence-corrected chi connectivity index (χ1v) is 3.89. The number of aryl methyl sites for hydroxylation is 1. The SMILES string of the molecule is CON(C)Cc1cccnc1C. The summed E-state index contributed by atoms with van der Waals surface area (Å²) in [6.45, 7) is 2.77. The molecule has 3 nitrogen and oxygen atoms in total. The number of hydrogen-bond acceptors (Lipinski definition) is 3. The molecule has 66 valence electrons. The first-order chi connectivity index (χ1) is 5.74. The average Bonchev–Trinajstić information content (AvgIpc) is 2.09. The molecule has 1 aromatic rings. The van der Waals surface area contributed by atoms with Crippen LogP contribution in [0.15, 0.2) is 18.3 Å². The van der Waals surface area contributed by atoms with Gasteiger partial charge in [0.15, 0.2) is 0 Å². The number of hydroxylamine groups is 2. The number of pyridine rings is 1. The van der Waals surface area contributed by atoms with Gasteiger partial charge in [-0.15, -0.1) is 0 Å². The van der Waals surface area contributed by atoms with E-state index < -0.39 is 0 Å². The lowest BCUT2D eigenvalue weighted by molar-refractivity contribution is -0.116. The minimum absolute atomic E-state index is 0.774. The lowest BCUT2D eigenvalue weighted by atomic mass is 10.2. The van der Waals surface area contributed by atoms with Crippen LogP contribution in [0.25, 0.3) is 0 Å². The molecule has 0 aliphatic carbocycles. The molecule has 0 amide bonds. The summed E-state index contributed by atoms with van der Waals surface area (Å²) in [7, 11) is 3.55. The molecule has 1 rings (SSSR count). The fourth-order valence-electron chi connectivity index (χ4n) is 0.989. The zero-order chi connectivity index (χ0) is 8.97. The van der Waals surface area contributed by atoms with Crippen molar-refractivity contribution in [2.45, 2.75) is 13.5 Å². The topological polar surface area (TPSA) is 25.4 Å². The first kappa shape index (κ1) is 9.16. The van der Waals surface area contributed by atoms with Crippen LogP contribution in [-0.2, 0) is 11.4 Å². The molecule has 0 saturated carbocycles. The summed E-state index contributed by atoms with van der Waals surface area (Å²) in [5.41, 5.74) is 2.25. The van der Waals surface area contributed by atoms with Crippen molar-refractivity contribution >= 4 is 0 Å². The van der Waals surface area contributed by atoms with Gasteiger partial charge in [-0.05, 0) is 18.6 Å². The van der Waals surface area contributed by atoms with Gasteiger partial charge in [0.1, 0.15) is 0 Å². The van der Waals surface area contributed by atoms with Crippen molar-refractivity contribution in [2.24, 2.45) is 0 Å². The first-order valence-electron chi connectivity index (χ1n) is 3.89. The molecule has 0 aromatic carbocycles. The molecule has 3 heteroatoms. The number of aromatic nitrogens is 1. The second-order valence-electron chi connectivity index (χ2n) is 2.72. The Balaban J connectivity index is 2.69. The molecule has 0 fully saturated rings. The van der Waals surface area contributed by atoms with E-state index in [4.69, 9.17) is 4.84 Å². The molecule has 0 unspecified atom stereocenters. The summed E-state index contributed by atoms with van der Waals surface area (Å²) >= 11 is 0. The highest BCUT2D eigenvalue weighted by Gasteiger charge is 2.01. The largest absolute Gasteiger partial charge is 0.302 e. The minimum atomic E-state index is 0.774. The second-order valence-corrected chi connectivity index (χ2v) is 2.72. The number of nitrogens with zero attached hydrogens (tertiary/aromatic N) is 2. The summed E-state index contributed by atoms with van der Waals surface area (Å²) in [5, 5.41) is 1.77. The maximum Gasteiger partial charge on any atom is 0.0575 e. The zero-order valence-electron chi connectivity index (χ0n) is 7.74. The Hall–Kier alpha value is -0.930. The Morgan fingerprint density at radius 1 is 1.58 bits per heavy atom. The molecule has 0 saturated heterocycles. The summed E-state index contributed by atoms with van der Waals surface area (Å²) in [6, 6.07) is 3.99. The van der Waals surface area contributed by atoms with Gasteiger partial charge in [0.2, 0.25) is 0 Å². The Morgan fingerprint density at radius 3 is 2.92 bits per heavy atom. The standard InChI is InChI=1S/C9H14N2O/c1-8-9(5-4-6-10-8)7-11(2)12-3/h4-6H,7H2,1-3H3. The Kier molecular flexibility index (Phi) is 3.19. The molecule has 1 heterocycles. The summed E-state index contributed by atoms with van der Waals surface area (Å²) in [4.78, 5) is 9.20. The second kappa shape index (κ2) is 4.18. The van der Waals surface area contributed by atoms with Crippen LogP contribution in [0.3, 0.4) is 0 Å². The van der Waals surface area contributed by atoms with Crippen molar-refractivity contribution in [3.63, 3.8) is 0 Å². The minimum Gasteiger partial charge on any atom is -0.302 e. The van der Waals surface area contributed by atoms with Crippen molar-refractivity contribution in [3.8, 4) is 0 Å². The predicted octanol–water partition coefficient (Wildman–Crippen LogP) is 1.38. The van der Waals surface area contributed by atoms with Gasteiger partial charge < -0.3 is 4.84 Å². The fraction of sp³-hybridized carbons (Fsp3) is 0.444. The third-order valence-electron chi connectivity index (χ3n) is 1.82. The third kappa shape index (κ3) is 2.29. The Bertz CT molecular complexity index is 250. The molecule has 12 heavy (non-hydrogen) atoms. The maximum atomic E-state index is 5.01. The fourth-order valence-corrected chi connectivity index (χ4v) is 0.989. The number of hydrogen-bond donors (Lipinski definition) is 0. The van der Waals surface area contributed by atoms with Gasteiger partial charge in [-0.25, -0.2) is 0 Å². The van der Waals surface area contributed by atoms with Crippen LogP contribution in [0.1, 0.15) is 11.3 Å². The van der Waals surface area contributed by atoms with Crippen LogP contribution in [-0.4, -0.2) is 24.2 Å². The third-order valence-corrected chi connectivity index (χ3v) is 1.82. The van der Waals surface area contributed by atoms with Crippen molar-refractivity contribution < 1.29 is 4.84 Å². The van der Waals surface area contributed by atoms with Crippen LogP contribution >= 0.6 is 0 Å². The van der Waals surface area contributed by atoms with E-state index in [1.165, 1.54) is 5.56 Å². The summed E-state index contributed by atoms with van der Waals surface area (Å²) in [6.07, 6.45) is 1.80. The summed E-state index contributed by atoms with van der Waals surface area (Å²) in [5.74, 6) is 0. The molecule has 0 atom stereocenters. The van der Waals surface area contributed by atoms with E-state index in [9.17, 15) is 0 Å². The highest BCUT2D eigenvalue weighted by Crippen LogP contribution is 2.05. The van der Waals surface area contributed by atoms with Crippen LogP contribution in [0, 0.1) is 6.92 Å². The molecular formula is C9H14N2O. The predicted molar refractivity (Wildman–Crippen MR) is 47.5 cm³/mol. The maximum absolute atomic E-state index is 5.01. The molecule has 0 aliphatic heterocycles. The highest BCUT2D eigenvalue weighted by atomic mass is 16.7. The summed E-state index contributed by atoms with van der Waals surface area (Å²) < 4.78 is 0. The molecule has 1 aromatic heterocycles. The molecule has 0 radical (unpaired) electrons. The van der Waals surface area contributed by atoms with Gasteiger partial charge in [0.05, 0.1) is 13.7 Å². The lowest BCUT2D eigenvalue weighted by Gasteiger charge is -2.14. The number of rotatable bonds is 3. The van der Waals surface area contributed by atoms with Gasteiger partial charge in [-0.1, -0.05) is 6.07 Å². The van der Waals surface area contributed by atoms with E-state index in [2.05, 4.69) is 11.1 Å². The Labute approximate surface area is 72.9 Å². The van der Waals surface area contributed by atoms with Gasteiger partial charge in [0, 0.05) is 18.9 Å². The molecule has 0 aliphatic rings. The van der Waals surface area contributed by atoms with Crippen LogP contribution in [0.2, 0.25) is 0 Å². The zero-order valence-corrected chi connectivity index (χ0v) is 7.74. The van der Waals surface area contributed by atoms with Crippen LogP contribution in [0.4, 0.5) is 0 Å². The molecule has 0 spiro atoms. The van der Waals surface area contributed by atoms with Crippen molar-refractivity contribution in [2.75, 3.05) is 14.2 Å². The van der Waals surface area contributed by atoms with E-state index in [-0.39, 0.29) is 0 Å². The van der Waals surface area contributed by atoms with Crippen molar-refractivity contribution in [1.82, 2.24) is 10.0 Å². The Morgan fingerprint density at radius 2 is 2.33 bits per heavy atom. The smallest absolute Gasteiger partial charge is 0.0575 e. The normalized spacial score (nSPS) is 10.7. The molecule has 0 bridgehead atoms. The van der Waals surface area contributed by atoms with E-state index in [0.29, 0.717) is 0 Å². The van der Waals surface area contributed by atoms with E-state index in [1.807, 2.05) is 20.0 Å². The lowest BCUT2D eigenvalue weighted by Crippen LogP contribution is -2.16. The van der Waals surface area contributed by atoms with Gasteiger partial charge in [0.25, 0.3) is 0 Å². The van der Waals surface area contributed by atoms with Gasteiger partial charge in [-0.2, -0.15) is 5.06 Å². The highest BCUT2D eigenvalue weighted by molar-refractivity contribution is 5.17. The van der Waals surface area contributed by atoms with Gasteiger partial charge in [-0.3, -0.25) is 4.98 Å². The van der Waals surface area contributed by atoms with E-state index >= 15 is 0 Å².